The Labute approximate surface area is 161 Å². The molecule has 5 nitrogen and oxygen atoms in total. The molecular weight excluding hydrogens is 370 g/mol. The first kappa shape index (κ1) is 18.5. The van der Waals surface area contributed by atoms with E-state index < -0.39 is 0 Å². The van der Waals surface area contributed by atoms with Crippen molar-refractivity contribution in [2.24, 2.45) is 0 Å². The van der Waals surface area contributed by atoms with Gasteiger partial charge >= 0.3 is 5.97 Å². The summed E-state index contributed by atoms with van der Waals surface area (Å²) in [5, 5.41) is 9.56. The van der Waals surface area contributed by atoms with Crippen molar-refractivity contribution in [3.8, 4) is 5.69 Å². The molecule has 0 aliphatic heterocycles. The predicted molar refractivity (Wildman–Crippen MR) is 103 cm³/mol. The number of halogens is 1. The van der Waals surface area contributed by atoms with Gasteiger partial charge in [0, 0.05) is 17.1 Å². The Balaban J connectivity index is 1.99. The van der Waals surface area contributed by atoms with Crippen LogP contribution in [-0.2, 0) is 16.0 Å². The first-order valence-corrected chi connectivity index (χ1v) is 9.33. The highest BCUT2D eigenvalue weighted by molar-refractivity contribution is 8.00. The van der Waals surface area contributed by atoms with Gasteiger partial charge in [0.2, 0.25) is 0 Å². The van der Waals surface area contributed by atoms with Crippen molar-refractivity contribution < 1.29 is 9.53 Å². The summed E-state index contributed by atoms with van der Waals surface area (Å²) < 4.78 is 6.77. The van der Waals surface area contributed by atoms with Gasteiger partial charge in [0.15, 0.2) is 5.16 Å². The van der Waals surface area contributed by atoms with Crippen LogP contribution in [0.5, 0.6) is 0 Å². The van der Waals surface area contributed by atoms with Crippen LogP contribution < -0.4 is 0 Å². The summed E-state index contributed by atoms with van der Waals surface area (Å²) in [6, 6.07) is 17.5. The van der Waals surface area contributed by atoms with Crippen molar-refractivity contribution >= 4 is 29.3 Å². The molecule has 0 N–H and O–H groups in total. The van der Waals surface area contributed by atoms with Crippen LogP contribution >= 0.6 is 23.4 Å². The number of methoxy groups -OCH3 is 1. The van der Waals surface area contributed by atoms with Gasteiger partial charge in [-0.2, -0.15) is 0 Å². The van der Waals surface area contributed by atoms with E-state index in [1.807, 2.05) is 59.2 Å². The molecule has 2 aromatic carbocycles. The standard InChI is InChI=1S/C19H18ClN3O2S/c1-13(18(24)25-2)26-19-22-21-17(12-14-6-4-3-5-7-14)23(19)16-10-8-15(20)9-11-16/h3-11,13H,12H2,1-2H3. The highest BCUT2D eigenvalue weighted by Crippen LogP contribution is 2.27. The molecule has 0 aliphatic carbocycles. The Hall–Kier alpha value is -2.31. The molecule has 26 heavy (non-hydrogen) atoms. The summed E-state index contributed by atoms with van der Waals surface area (Å²) in [4.78, 5) is 11.8. The molecule has 3 rings (SSSR count). The lowest BCUT2D eigenvalue weighted by Gasteiger charge is -2.12. The van der Waals surface area contributed by atoms with Crippen LogP contribution in [0.1, 0.15) is 18.3 Å². The van der Waals surface area contributed by atoms with Gasteiger partial charge in [0.05, 0.1) is 7.11 Å². The van der Waals surface area contributed by atoms with E-state index in [1.54, 1.807) is 6.92 Å². The van der Waals surface area contributed by atoms with Crippen LogP contribution in [0.15, 0.2) is 59.8 Å². The highest BCUT2D eigenvalue weighted by Gasteiger charge is 2.21. The van der Waals surface area contributed by atoms with Crippen LogP contribution in [0, 0.1) is 0 Å². The third kappa shape index (κ3) is 4.26. The molecule has 1 atom stereocenters. The lowest BCUT2D eigenvalue weighted by molar-refractivity contribution is -0.139. The van der Waals surface area contributed by atoms with E-state index >= 15 is 0 Å². The average Bonchev–Trinajstić information content (AvgIpc) is 3.04. The third-order valence-electron chi connectivity index (χ3n) is 3.81. The molecular formula is C19H18ClN3O2S. The molecule has 0 aliphatic rings. The minimum absolute atomic E-state index is 0.301. The lowest BCUT2D eigenvalue weighted by atomic mass is 10.1. The number of esters is 1. The fourth-order valence-corrected chi connectivity index (χ4v) is 3.53. The predicted octanol–water partition coefficient (Wildman–Crippen LogP) is 4.17. The van der Waals surface area contributed by atoms with Gasteiger partial charge in [-0.05, 0) is 36.8 Å². The van der Waals surface area contributed by atoms with Crippen molar-refractivity contribution in [3.63, 3.8) is 0 Å². The summed E-state index contributed by atoms with van der Waals surface area (Å²) in [6.45, 7) is 1.79. The van der Waals surface area contributed by atoms with E-state index in [0.717, 1.165) is 17.1 Å². The maximum atomic E-state index is 11.8. The monoisotopic (exact) mass is 387 g/mol. The summed E-state index contributed by atoms with van der Waals surface area (Å²) >= 11 is 7.34. The second-order valence-corrected chi connectivity index (χ2v) is 7.40. The number of hydrogen-bond acceptors (Lipinski definition) is 5. The topological polar surface area (TPSA) is 57.0 Å². The zero-order valence-electron chi connectivity index (χ0n) is 14.4. The molecule has 0 radical (unpaired) electrons. The molecule has 0 bridgehead atoms. The van der Waals surface area contributed by atoms with Crippen molar-refractivity contribution in [1.29, 1.82) is 0 Å². The summed E-state index contributed by atoms with van der Waals surface area (Å²) in [7, 11) is 1.38. The lowest BCUT2D eigenvalue weighted by Crippen LogP contribution is -2.15. The van der Waals surface area contributed by atoms with Gasteiger partial charge in [0.1, 0.15) is 11.1 Å². The molecule has 1 heterocycles. The van der Waals surface area contributed by atoms with Crippen molar-refractivity contribution in [1.82, 2.24) is 14.8 Å². The largest absolute Gasteiger partial charge is 0.468 e. The Kier molecular flexibility index (Phi) is 5.96. The Morgan fingerprint density at radius 2 is 1.85 bits per heavy atom. The van der Waals surface area contributed by atoms with Gasteiger partial charge in [-0.25, -0.2) is 0 Å². The van der Waals surface area contributed by atoms with Crippen LogP contribution in [0.25, 0.3) is 5.69 Å². The van der Waals surface area contributed by atoms with E-state index in [9.17, 15) is 4.79 Å². The van der Waals surface area contributed by atoms with Gasteiger partial charge in [0.25, 0.3) is 0 Å². The third-order valence-corrected chi connectivity index (χ3v) is 5.08. The number of thioether (sulfide) groups is 1. The molecule has 7 heteroatoms. The number of rotatable bonds is 6. The molecule has 0 saturated heterocycles. The smallest absolute Gasteiger partial charge is 0.318 e. The van der Waals surface area contributed by atoms with Gasteiger partial charge in [-0.3, -0.25) is 9.36 Å². The van der Waals surface area contributed by atoms with E-state index in [-0.39, 0.29) is 11.2 Å². The Morgan fingerprint density at radius 1 is 1.15 bits per heavy atom. The summed E-state index contributed by atoms with van der Waals surface area (Å²) in [5.41, 5.74) is 2.03. The average molecular weight is 388 g/mol. The molecule has 0 spiro atoms. The molecule has 134 valence electrons. The number of carbonyl (C=O) groups excluding carboxylic acids is 1. The number of nitrogens with zero attached hydrogens (tertiary/aromatic N) is 3. The molecule has 3 aromatic rings. The molecule has 0 fully saturated rings. The first-order valence-electron chi connectivity index (χ1n) is 8.07. The van der Waals surface area contributed by atoms with Crippen LogP contribution in [0.4, 0.5) is 0 Å². The number of benzene rings is 2. The maximum Gasteiger partial charge on any atom is 0.318 e. The quantitative estimate of drug-likeness (QED) is 0.469. The van der Waals surface area contributed by atoms with E-state index in [1.165, 1.54) is 18.9 Å². The number of carbonyl (C=O) groups is 1. The zero-order chi connectivity index (χ0) is 18.5. The number of aromatic nitrogens is 3. The van der Waals surface area contributed by atoms with Gasteiger partial charge in [-0.1, -0.05) is 53.7 Å². The van der Waals surface area contributed by atoms with Crippen molar-refractivity contribution in [2.45, 2.75) is 23.8 Å². The number of hydrogen-bond donors (Lipinski definition) is 0. The SMILES string of the molecule is COC(=O)C(C)Sc1nnc(Cc2ccccc2)n1-c1ccc(Cl)cc1. The van der Waals surface area contributed by atoms with Gasteiger partial charge < -0.3 is 4.74 Å². The normalized spacial score (nSPS) is 12.0. The van der Waals surface area contributed by atoms with Crippen molar-refractivity contribution in [2.75, 3.05) is 7.11 Å². The fourth-order valence-electron chi connectivity index (χ4n) is 2.49. The molecule has 0 amide bonds. The van der Waals surface area contributed by atoms with Crippen LogP contribution in [0.2, 0.25) is 5.02 Å². The van der Waals surface area contributed by atoms with Gasteiger partial charge in [-0.15, -0.1) is 10.2 Å². The molecule has 1 unspecified atom stereocenters. The minimum Gasteiger partial charge on any atom is -0.468 e. The minimum atomic E-state index is -0.389. The zero-order valence-corrected chi connectivity index (χ0v) is 16.0. The maximum absolute atomic E-state index is 11.8. The van der Waals surface area contributed by atoms with E-state index in [0.29, 0.717) is 16.6 Å². The second-order valence-electron chi connectivity index (χ2n) is 5.66. The first-order chi connectivity index (χ1) is 12.6. The highest BCUT2D eigenvalue weighted by atomic mass is 35.5. The molecule has 1 aromatic heterocycles. The number of ether oxygens (including phenoxy) is 1. The Morgan fingerprint density at radius 3 is 2.50 bits per heavy atom. The van der Waals surface area contributed by atoms with Crippen molar-refractivity contribution in [3.05, 3.63) is 71.0 Å². The van der Waals surface area contributed by atoms with E-state index in [2.05, 4.69) is 10.2 Å². The van der Waals surface area contributed by atoms with Crippen LogP contribution in [-0.4, -0.2) is 33.1 Å². The second kappa shape index (κ2) is 8.38. The summed E-state index contributed by atoms with van der Waals surface area (Å²) in [5.74, 6) is 0.489. The van der Waals surface area contributed by atoms with Crippen LogP contribution in [0.3, 0.4) is 0 Å². The Bertz CT molecular complexity index is 882. The van der Waals surface area contributed by atoms with E-state index in [4.69, 9.17) is 16.3 Å². The molecule has 0 saturated carbocycles. The summed E-state index contributed by atoms with van der Waals surface area (Å²) in [6.07, 6.45) is 0.629. The fraction of sp³-hybridized carbons (Fsp3) is 0.211.